The van der Waals surface area contributed by atoms with Gasteiger partial charge in [0.2, 0.25) is 0 Å². The molecular formula is C9H15IO. The highest BCUT2D eigenvalue weighted by Crippen LogP contribution is 2.42. The lowest BCUT2D eigenvalue weighted by molar-refractivity contribution is -0.127. The highest BCUT2D eigenvalue weighted by atomic mass is 127. The predicted octanol–water partition coefficient (Wildman–Crippen LogP) is 2.82. The molecule has 0 aromatic carbocycles. The summed E-state index contributed by atoms with van der Waals surface area (Å²) in [5.74, 6) is 0.695. The van der Waals surface area contributed by atoms with Crippen LogP contribution in [-0.4, -0.2) is 9.71 Å². The van der Waals surface area contributed by atoms with Crippen molar-refractivity contribution in [3.63, 3.8) is 0 Å². The molecule has 0 heterocycles. The number of carbonyl (C=O) groups is 1. The largest absolute Gasteiger partial charge is 0.299 e. The molecule has 0 aromatic heterocycles. The second-order valence-electron chi connectivity index (χ2n) is 4.02. The van der Waals surface area contributed by atoms with Crippen molar-refractivity contribution >= 4 is 28.4 Å². The molecule has 1 rings (SSSR count). The minimum Gasteiger partial charge on any atom is -0.299 e. The average Bonchev–Trinajstić information content (AvgIpc) is 1.95. The van der Waals surface area contributed by atoms with Crippen LogP contribution in [0.5, 0.6) is 0 Å². The van der Waals surface area contributed by atoms with Crippen molar-refractivity contribution in [2.24, 2.45) is 11.3 Å². The first-order valence-electron chi connectivity index (χ1n) is 4.13. The van der Waals surface area contributed by atoms with Crippen molar-refractivity contribution in [3.8, 4) is 0 Å². The van der Waals surface area contributed by atoms with Gasteiger partial charge in [0.15, 0.2) is 0 Å². The van der Waals surface area contributed by atoms with E-state index >= 15 is 0 Å². The molecule has 0 N–H and O–H groups in total. The fourth-order valence-electron chi connectivity index (χ4n) is 1.54. The van der Waals surface area contributed by atoms with E-state index in [4.69, 9.17) is 0 Å². The van der Waals surface area contributed by atoms with Crippen molar-refractivity contribution in [3.05, 3.63) is 0 Å². The smallest absolute Gasteiger partial charge is 0.136 e. The van der Waals surface area contributed by atoms with Gasteiger partial charge in [-0.2, -0.15) is 0 Å². The molecule has 1 aliphatic carbocycles. The molecule has 1 fully saturated rings. The first kappa shape index (κ1) is 9.49. The molecule has 1 nitrogen and oxygen atoms in total. The van der Waals surface area contributed by atoms with E-state index in [1.807, 2.05) is 0 Å². The molecule has 0 aliphatic heterocycles. The van der Waals surface area contributed by atoms with Gasteiger partial charge < -0.3 is 0 Å². The third-order valence-corrected chi connectivity index (χ3v) is 5.28. The van der Waals surface area contributed by atoms with Crippen LogP contribution in [-0.2, 0) is 4.79 Å². The Morgan fingerprint density at radius 1 is 1.55 bits per heavy atom. The van der Waals surface area contributed by atoms with Crippen LogP contribution in [0.3, 0.4) is 0 Å². The topological polar surface area (TPSA) is 17.1 Å². The Morgan fingerprint density at radius 2 is 2.09 bits per heavy atom. The summed E-state index contributed by atoms with van der Waals surface area (Å²) >= 11 is 2.47. The Bertz CT molecular complexity index is 174. The Morgan fingerprint density at radius 3 is 2.55 bits per heavy atom. The third-order valence-electron chi connectivity index (χ3n) is 3.05. The number of Topliss-reactive ketones (excluding diaryl/α,β-unsaturated/α-hetero) is 1. The second-order valence-corrected chi connectivity index (χ2v) is 5.52. The molecule has 1 aliphatic rings. The molecule has 1 saturated carbocycles. The molecule has 2 heteroatoms. The fourth-order valence-corrected chi connectivity index (χ4v) is 2.39. The fraction of sp³-hybridized carbons (Fsp3) is 0.889. The van der Waals surface area contributed by atoms with E-state index in [9.17, 15) is 4.79 Å². The molecule has 0 radical (unpaired) electrons. The van der Waals surface area contributed by atoms with Crippen molar-refractivity contribution < 1.29 is 4.79 Å². The summed E-state index contributed by atoms with van der Waals surface area (Å²) in [5.41, 5.74) is 0.204. The van der Waals surface area contributed by atoms with Crippen molar-refractivity contribution in [1.82, 2.24) is 0 Å². The summed E-state index contributed by atoms with van der Waals surface area (Å²) in [5, 5.41) is 0. The van der Waals surface area contributed by atoms with Gasteiger partial charge in [-0.1, -0.05) is 43.4 Å². The quantitative estimate of drug-likeness (QED) is 0.486. The van der Waals surface area contributed by atoms with E-state index in [0.29, 0.717) is 9.71 Å². The van der Waals surface area contributed by atoms with Crippen LogP contribution in [0.25, 0.3) is 0 Å². The van der Waals surface area contributed by atoms with Gasteiger partial charge in [0.1, 0.15) is 5.78 Å². The highest BCUT2D eigenvalue weighted by Gasteiger charge is 2.40. The van der Waals surface area contributed by atoms with Crippen LogP contribution in [0.4, 0.5) is 0 Å². The van der Waals surface area contributed by atoms with E-state index in [0.717, 1.165) is 12.8 Å². The standard InChI is InChI=1S/C9H15IO/c1-6-7(11)4-5-8(10)9(6,2)3/h6,8H,4-5H2,1-3H3/t6-,8+/m1/s1. The van der Waals surface area contributed by atoms with Crippen molar-refractivity contribution in [2.45, 2.75) is 37.5 Å². The molecule has 0 unspecified atom stereocenters. The Balaban J connectivity index is 2.80. The minimum absolute atomic E-state index is 0.204. The van der Waals surface area contributed by atoms with Crippen LogP contribution < -0.4 is 0 Å². The summed E-state index contributed by atoms with van der Waals surface area (Å²) in [6.07, 6.45) is 1.86. The Hall–Kier alpha value is 0.400. The van der Waals surface area contributed by atoms with Gasteiger partial charge in [-0.05, 0) is 11.8 Å². The minimum atomic E-state index is 0.204. The number of alkyl halides is 1. The Labute approximate surface area is 82.1 Å². The third kappa shape index (κ3) is 1.60. The number of ketones is 1. The predicted molar refractivity (Wildman–Crippen MR) is 55.0 cm³/mol. The average molecular weight is 266 g/mol. The van der Waals surface area contributed by atoms with Crippen LogP contribution in [0.2, 0.25) is 0 Å². The van der Waals surface area contributed by atoms with Gasteiger partial charge in [0.05, 0.1) is 0 Å². The zero-order valence-electron chi connectivity index (χ0n) is 7.36. The maximum absolute atomic E-state index is 11.4. The molecular weight excluding hydrogens is 251 g/mol. The number of halogens is 1. The van der Waals surface area contributed by atoms with Gasteiger partial charge >= 0.3 is 0 Å². The number of hydrogen-bond donors (Lipinski definition) is 0. The SMILES string of the molecule is C[C@@H]1C(=O)CC[C@H](I)C1(C)C. The summed E-state index contributed by atoms with van der Waals surface area (Å²) in [4.78, 5) is 11.4. The second kappa shape index (κ2) is 3.04. The molecule has 0 saturated heterocycles. The van der Waals surface area contributed by atoms with Gasteiger partial charge in [0.25, 0.3) is 0 Å². The van der Waals surface area contributed by atoms with E-state index in [1.165, 1.54) is 0 Å². The van der Waals surface area contributed by atoms with E-state index in [1.54, 1.807) is 0 Å². The van der Waals surface area contributed by atoms with Crippen LogP contribution >= 0.6 is 22.6 Å². The van der Waals surface area contributed by atoms with Gasteiger partial charge in [-0.15, -0.1) is 0 Å². The monoisotopic (exact) mass is 266 g/mol. The number of hydrogen-bond acceptors (Lipinski definition) is 1. The molecule has 11 heavy (non-hydrogen) atoms. The van der Waals surface area contributed by atoms with Crippen LogP contribution in [0.1, 0.15) is 33.6 Å². The summed E-state index contributed by atoms with van der Waals surface area (Å²) < 4.78 is 0.660. The molecule has 0 spiro atoms. The van der Waals surface area contributed by atoms with E-state index < -0.39 is 0 Å². The molecule has 0 amide bonds. The zero-order valence-corrected chi connectivity index (χ0v) is 9.51. The lowest BCUT2D eigenvalue weighted by Gasteiger charge is -2.39. The molecule has 0 bridgehead atoms. The number of rotatable bonds is 0. The van der Waals surface area contributed by atoms with Gasteiger partial charge in [-0.25, -0.2) is 0 Å². The first-order valence-corrected chi connectivity index (χ1v) is 5.37. The maximum atomic E-state index is 11.4. The highest BCUT2D eigenvalue weighted by molar-refractivity contribution is 14.1. The van der Waals surface area contributed by atoms with Crippen LogP contribution in [0.15, 0.2) is 0 Å². The molecule has 2 atom stereocenters. The summed E-state index contributed by atoms with van der Waals surface area (Å²) in [6, 6.07) is 0. The van der Waals surface area contributed by atoms with E-state index in [2.05, 4.69) is 43.4 Å². The van der Waals surface area contributed by atoms with Crippen molar-refractivity contribution in [2.75, 3.05) is 0 Å². The Kier molecular flexibility index (Phi) is 2.62. The molecule has 0 aromatic rings. The number of carbonyl (C=O) groups excluding carboxylic acids is 1. The van der Waals surface area contributed by atoms with Crippen LogP contribution in [0, 0.1) is 11.3 Å². The first-order chi connectivity index (χ1) is 4.96. The lowest BCUT2D eigenvalue weighted by Crippen LogP contribution is -2.40. The van der Waals surface area contributed by atoms with Gasteiger partial charge in [0, 0.05) is 16.3 Å². The normalized spacial score (nSPS) is 37.3. The summed E-state index contributed by atoms with van der Waals surface area (Å²) in [7, 11) is 0. The summed E-state index contributed by atoms with van der Waals surface area (Å²) in [6.45, 7) is 6.46. The van der Waals surface area contributed by atoms with Crippen molar-refractivity contribution in [1.29, 1.82) is 0 Å². The maximum Gasteiger partial charge on any atom is 0.136 e. The lowest BCUT2D eigenvalue weighted by atomic mass is 9.69. The molecule has 64 valence electrons. The van der Waals surface area contributed by atoms with E-state index in [-0.39, 0.29) is 11.3 Å². The zero-order chi connectivity index (χ0) is 8.65. The van der Waals surface area contributed by atoms with Gasteiger partial charge in [-0.3, -0.25) is 4.79 Å².